The first-order valence-electron chi connectivity index (χ1n) is 5.99. The number of hydrogen-bond donors (Lipinski definition) is 1. The maximum Gasteiger partial charge on any atom is 0.251 e. The summed E-state index contributed by atoms with van der Waals surface area (Å²) in [6.45, 7) is 1.80. The summed E-state index contributed by atoms with van der Waals surface area (Å²) < 4.78 is 13.1. The number of hydrogen-bond acceptors (Lipinski definition) is 1. The van der Waals surface area contributed by atoms with Gasteiger partial charge in [0.1, 0.15) is 5.82 Å². The van der Waals surface area contributed by atoms with Gasteiger partial charge in [-0.15, -0.1) is 0 Å². The number of amides is 1. The molecule has 0 aliphatic carbocycles. The Morgan fingerprint density at radius 1 is 1.20 bits per heavy atom. The van der Waals surface area contributed by atoms with Gasteiger partial charge in [0.2, 0.25) is 0 Å². The molecule has 0 unspecified atom stereocenters. The summed E-state index contributed by atoms with van der Waals surface area (Å²) in [6.07, 6.45) is 0. The number of rotatable bonds is 3. The highest BCUT2D eigenvalue weighted by molar-refractivity contribution is 6.35. The van der Waals surface area contributed by atoms with Crippen LogP contribution in [0.2, 0.25) is 10.0 Å². The van der Waals surface area contributed by atoms with Gasteiger partial charge in [-0.25, -0.2) is 4.39 Å². The summed E-state index contributed by atoms with van der Waals surface area (Å²) in [5.41, 5.74) is 1.02. The average molecular weight is 312 g/mol. The highest BCUT2D eigenvalue weighted by atomic mass is 35.5. The van der Waals surface area contributed by atoms with Crippen molar-refractivity contribution in [1.82, 2.24) is 5.32 Å². The van der Waals surface area contributed by atoms with E-state index in [1.54, 1.807) is 31.2 Å². The molecule has 5 heteroatoms. The molecule has 1 atom stereocenters. The minimum atomic E-state index is -0.449. The topological polar surface area (TPSA) is 29.1 Å². The van der Waals surface area contributed by atoms with Gasteiger partial charge in [-0.05, 0) is 42.8 Å². The van der Waals surface area contributed by atoms with Crippen LogP contribution in [0.15, 0.2) is 42.5 Å². The van der Waals surface area contributed by atoms with Gasteiger partial charge in [-0.1, -0.05) is 35.3 Å². The normalized spacial score (nSPS) is 12.0. The second-order valence-electron chi connectivity index (χ2n) is 4.37. The van der Waals surface area contributed by atoms with Gasteiger partial charge in [0, 0.05) is 15.6 Å². The maximum absolute atomic E-state index is 13.1. The maximum atomic E-state index is 13.1. The van der Waals surface area contributed by atoms with E-state index >= 15 is 0 Å². The van der Waals surface area contributed by atoms with E-state index in [0.717, 1.165) is 5.56 Å². The number of benzene rings is 2. The summed E-state index contributed by atoms with van der Waals surface area (Å²) >= 11 is 11.9. The molecule has 2 aromatic rings. The van der Waals surface area contributed by atoms with E-state index in [1.165, 1.54) is 18.2 Å². The number of halogens is 3. The summed E-state index contributed by atoms with van der Waals surface area (Å²) in [6, 6.07) is 10.3. The van der Waals surface area contributed by atoms with E-state index in [1.807, 2.05) is 0 Å². The molecule has 0 radical (unpaired) electrons. The fraction of sp³-hybridized carbons (Fsp3) is 0.133. The summed E-state index contributed by atoms with van der Waals surface area (Å²) in [7, 11) is 0. The van der Waals surface area contributed by atoms with Gasteiger partial charge < -0.3 is 5.32 Å². The molecular weight excluding hydrogens is 300 g/mol. The molecule has 2 aromatic carbocycles. The Morgan fingerprint density at radius 3 is 2.60 bits per heavy atom. The lowest BCUT2D eigenvalue weighted by Gasteiger charge is -2.16. The molecule has 0 fully saturated rings. The molecule has 2 rings (SSSR count). The molecule has 0 aliphatic heterocycles. The smallest absolute Gasteiger partial charge is 0.251 e. The van der Waals surface area contributed by atoms with Gasteiger partial charge in [-0.2, -0.15) is 0 Å². The summed E-state index contributed by atoms with van der Waals surface area (Å²) in [5, 5.41) is 3.77. The lowest BCUT2D eigenvalue weighted by Crippen LogP contribution is -2.26. The van der Waals surface area contributed by atoms with E-state index in [4.69, 9.17) is 23.2 Å². The highest BCUT2D eigenvalue weighted by Crippen LogP contribution is 2.26. The first-order valence-corrected chi connectivity index (χ1v) is 6.74. The van der Waals surface area contributed by atoms with Crippen molar-refractivity contribution in [2.75, 3.05) is 0 Å². The fourth-order valence-corrected chi connectivity index (χ4v) is 2.41. The minimum Gasteiger partial charge on any atom is -0.345 e. The number of carbonyl (C=O) groups excluding carboxylic acids is 1. The van der Waals surface area contributed by atoms with E-state index in [2.05, 4.69) is 5.32 Å². The molecule has 20 heavy (non-hydrogen) atoms. The molecule has 0 aromatic heterocycles. The Kier molecular flexibility index (Phi) is 4.63. The van der Waals surface area contributed by atoms with E-state index in [0.29, 0.717) is 10.0 Å². The van der Waals surface area contributed by atoms with E-state index < -0.39 is 5.82 Å². The Labute approximate surface area is 126 Å². The monoisotopic (exact) mass is 311 g/mol. The van der Waals surface area contributed by atoms with E-state index in [9.17, 15) is 9.18 Å². The highest BCUT2D eigenvalue weighted by Gasteiger charge is 2.14. The Balaban J connectivity index is 2.15. The molecule has 0 saturated carbocycles. The van der Waals surface area contributed by atoms with Gasteiger partial charge in [0.05, 0.1) is 6.04 Å². The first kappa shape index (κ1) is 14.8. The Morgan fingerprint density at radius 2 is 1.95 bits per heavy atom. The predicted octanol–water partition coefficient (Wildman–Crippen LogP) is 4.62. The SMILES string of the molecule is C[C@H](NC(=O)c1cccc(F)c1)c1ccc(Cl)cc1Cl. The Hall–Kier alpha value is -1.58. The van der Waals surface area contributed by atoms with Crippen LogP contribution in [-0.4, -0.2) is 5.91 Å². The van der Waals surface area contributed by atoms with Crippen molar-refractivity contribution in [2.45, 2.75) is 13.0 Å². The third kappa shape index (κ3) is 3.50. The molecule has 1 amide bonds. The van der Waals surface area contributed by atoms with Crippen LogP contribution in [0, 0.1) is 5.82 Å². The fourth-order valence-electron chi connectivity index (χ4n) is 1.84. The largest absolute Gasteiger partial charge is 0.345 e. The van der Waals surface area contributed by atoms with Crippen molar-refractivity contribution in [1.29, 1.82) is 0 Å². The zero-order chi connectivity index (χ0) is 14.7. The van der Waals surface area contributed by atoms with Crippen molar-refractivity contribution in [2.24, 2.45) is 0 Å². The summed E-state index contributed by atoms with van der Waals surface area (Å²) in [5.74, 6) is -0.808. The van der Waals surface area contributed by atoms with Crippen LogP contribution in [0.1, 0.15) is 28.9 Å². The van der Waals surface area contributed by atoms with Crippen molar-refractivity contribution in [3.05, 3.63) is 69.5 Å². The molecule has 0 heterocycles. The van der Waals surface area contributed by atoms with Crippen LogP contribution in [0.3, 0.4) is 0 Å². The van der Waals surface area contributed by atoms with Crippen LogP contribution in [0.4, 0.5) is 4.39 Å². The van der Waals surface area contributed by atoms with E-state index in [-0.39, 0.29) is 17.5 Å². The predicted molar refractivity (Wildman–Crippen MR) is 78.7 cm³/mol. The van der Waals surface area contributed by atoms with Crippen LogP contribution >= 0.6 is 23.2 Å². The summed E-state index contributed by atoms with van der Waals surface area (Å²) in [4.78, 5) is 12.0. The molecule has 1 N–H and O–H groups in total. The van der Waals surface area contributed by atoms with Crippen molar-refractivity contribution >= 4 is 29.1 Å². The lowest BCUT2D eigenvalue weighted by atomic mass is 10.1. The van der Waals surface area contributed by atoms with Crippen LogP contribution < -0.4 is 5.32 Å². The number of nitrogens with one attached hydrogen (secondary N) is 1. The van der Waals surface area contributed by atoms with Crippen LogP contribution in [-0.2, 0) is 0 Å². The third-order valence-corrected chi connectivity index (χ3v) is 3.43. The standard InChI is InChI=1S/C15H12Cl2FNO/c1-9(13-6-5-11(16)8-14(13)17)19-15(20)10-3-2-4-12(18)7-10/h2-9H,1H3,(H,19,20)/t9-/m0/s1. The zero-order valence-electron chi connectivity index (χ0n) is 10.7. The molecule has 2 nitrogen and oxygen atoms in total. The molecule has 0 spiro atoms. The zero-order valence-corrected chi connectivity index (χ0v) is 12.2. The number of carbonyl (C=O) groups is 1. The average Bonchev–Trinajstić information content (AvgIpc) is 2.38. The molecule has 0 bridgehead atoms. The molecule has 0 aliphatic rings. The van der Waals surface area contributed by atoms with Crippen molar-refractivity contribution in [3.63, 3.8) is 0 Å². The molecular formula is C15H12Cl2FNO. The lowest BCUT2D eigenvalue weighted by molar-refractivity contribution is 0.0939. The minimum absolute atomic E-state index is 0.266. The van der Waals surface area contributed by atoms with Crippen molar-refractivity contribution in [3.8, 4) is 0 Å². The van der Waals surface area contributed by atoms with Crippen molar-refractivity contribution < 1.29 is 9.18 Å². The van der Waals surface area contributed by atoms with Gasteiger partial charge in [0.25, 0.3) is 5.91 Å². The van der Waals surface area contributed by atoms with Gasteiger partial charge in [0.15, 0.2) is 0 Å². The molecule has 104 valence electrons. The quantitative estimate of drug-likeness (QED) is 0.880. The third-order valence-electron chi connectivity index (χ3n) is 2.86. The second-order valence-corrected chi connectivity index (χ2v) is 5.21. The molecule has 0 saturated heterocycles. The van der Waals surface area contributed by atoms with Gasteiger partial charge in [-0.3, -0.25) is 4.79 Å². The Bertz CT molecular complexity index is 646. The van der Waals surface area contributed by atoms with Gasteiger partial charge >= 0.3 is 0 Å². The van der Waals surface area contributed by atoms with Crippen LogP contribution in [0.25, 0.3) is 0 Å². The van der Waals surface area contributed by atoms with Crippen LogP contribution in [0.5, 0.6) is 0 Å². The second kappa shape index (κ2) is 6.25. The first-order chi connectivity index (χ1) is 9.47.